The number of nitro benzene ring substituents is 1. The summed E-state index contributed by atoms with van der Waals surface area (Å²) < 4.78 is 2.27. The van der Waals surface area contributed by atoms with Crippen molar-refractivity contribution >= 4 is 29.1 Å². The lowest BCUT2D eigenvalue weighted by molar-refractivity contribution is -0.384. The number of non-ortho nitro benzene ring substituents is 1. The van der Waals surface area contributed by atoms with Crippen molar-refractivity contribution in [1.29, 1.82) is 0 Å². The van der Waals surface area contributed by atoms with Crippen molar-refractivity contribution in [2.24, 2.45) is 0 Å². The predicted molar refractivity (Wildman–Crippen MR) is 115 cm³/mol. The van der Waals surface area contributed by atoms with E-state index in [-0.39, 0.29) is 29.1 Å². The molecule has 2 aromatic rings. The Morgan fingerprint density at radius 1 is 1.21 bits per heavy atom. The number of imidazole rings is 1. The highest BCUT2D eigenvalue weighted by atomic mass is 35.5. The highest BCUT2D eigenvalue weighted by Crippen LogP contribution is 2.29. The Balaban J connectivity index is 0.00000280. The molecule has 1 unspecified atom stereocenters. The average molecular weight is 410 g/mol. The Kier molecular flexibility index (Phi) is 8.22. The van der Waals surface area contributed by atoms with Gasteiger partial charge in [-0.05, 0) is 52.0 Å². The molecule has 0 saturated carbocycles. The number of hydrogen-bond acceptors (Lipinski definition) is 5. The number of piperidine rings is 1. The van der Waals surface area contributed by atoms with Gasteiger partial charge in [-0.25, -0.2) is 4.98 Å². The van der Waals surface area contributed by atoms with Crippen LogP contribution < -0.4 is 0 Å². The van der Waals surface area contributed by atoms with Crippen LogP contribution in [0.3, 0.4) is 0 Å². The second-order valence-electron chi connectivity index (χ2n) is 7.35. The Bertz CT molecular complexity index is 784. The summed E-state index contributed by atoms with van der Waals surface area (Å²) in [6, 6.07) is 5.27. The number of rotatable bonds is 8. The van der Waals surface area contributed by atoms with Gasteiger partial charge in [0.25, 0.3) is 5.69 Å². The van der Waals surface area contributed by atoms with Crippen molar-refractivity contribution in [2.45, 2.75) is 52.6 Å². The zero-order valence-corrected chi connectivity index (χ0v) is 18.0. The van der Waals surface area contributed by atoms with E-state index in [1.807, 2.05) is 6.07 Å². The van der Waals surface area contributed by atoms with Gasteiger partial charge >= 0.3 is 0 Å². The smallest absolute Gasteiger partial charge is 0.271 e. The summed E-state index contributed by atoms with van der Waals surface area (Å²) in [6.45, 7) is 12.6. The molecule has 7 nitrogen and oxygen atoms in total. The molecule has 28 heavy (non-hydrogen) atoms. The number of nitrogens with zero attached hydrogens (tertiary/aromatic N) is 5. The molecule has 156 valence electrons. The van der Waals surface area contributed by atoms with Crippen molar-refractivity contribution in [1.82, 2.24) is 19.4 Å². The Labute approximate surface area is 173 Å². The number of likely N-dealkylation sites (tertiary alicyclic amines) is 1. The van der Waals surface area contributed by atoms with Crippen molar-refractivity contribution in [3.8, 4) is 0 Å². The van der Waals surface area contributed by atoms with Crippen LogP contribution in [-0.2, 0) is 6.54 Å². The molecule has 3 rings (SSSR count). The number of nitro groups is 1. The third-order valence-electron chi connectivity index (χ3n) is 5.82. The quantitative estimate of drug-likeness (QED) is 0.481. The van der Waals surface area contributed by atoms with Crippen LogP contribution in [0.4, 0.5) is 5.69 Å². The first-order chi connectivity index (χ1) is 13.0. The molecule has 2 heterocycles. The molecule has 8 heteroatoms. The van der Waals surface area contributed by atoms with Gasteiger partial charge in [-0.3, -0.25) is 15.0 Å². The fraction of sp³-hybridized carbons (Fsp3) is 0.650. The predicted octanol–water partition coefficient (Wildman–Crippen LogP) is 4.26. The number of benzene rings is 1. The zero-order chi connectivity index (χ0) is 19.4. The molecular formula is C20H32ClN5O2. The molecule has 0 spiro atoms. The Morgan fingerprint density at radius 3 is 2.50 bits per heavy atom. The Hall–Kier alpha value is -1.70. The number of hydrogen-bond donors (Lipinski definition) is 0. The molecule has 1 aliphatic rings. The standard InChI is InChI=1S/C20H31N5O2.ClH/c1-4-22(5-2)13-14-24-19-10-9-17(25(26)27)15-18(19)21-20(24)16(3)23-11-7-6-8-12-23;/h9-10,15-16H,4-8,11-14H2,1-3H3;1H. The van der Waals surface area contributed by atoms with E-state index in [4.69, 9.17) is 4.98 Å². The van der Waals surface area contributed by atoms with Crippen LogP contribution in [0.25, 0.3) is 11.0 Å². The summed E-state index contributed by atoms with van der Waals surface area (Å²) in [5.41, 5.74) is 1.82. The maximum absolute atomic E-state index is 11.2. The van der Waals surface area contributed by atoms with Crippen molar-refractivity contribution in [3.63, 3.8) is 0 Å². The van der Waals surface area contributed by atoms with Crippen LogP contribution in [-0.4, -0.2) is 57.0 Å². The van der Waals surface area contributed by atoms with Crippen molar-refractivity contribution in [3.05, 3.63) is 34.1 Å². The first-order valence-electron chi connectivity index (χ1n) is 10.2. The summed E-state index contributed by atoms with van der Waals surface area (Å²) in [6.07, 6.45) is 3.76. The summed E-state index contributed by atoms with van der Waals surface area (Å²) in [7, 11) is 0. The Morgan fingerprint density at radius 2 is 1.89 bits per heavy atom. The first kappa shape index (κ1) is 22.6. The van der Waals surface area contributed by atoms with E-state index in [0.717, 1.165) is 56.1 Å². The molecule has 0 radical (unpaired) electrons. The van der Waals surface area contributed by atoms with E-state index in [9.17, 15) is 10.1 Å². The maximum Gasteiger partial charge on any atom is 0.271 e. The van der Waals surface area contributed by atoms with Gasteiger partial charge in [0.15, 0.2) is 0 Å². The van der Waals surface area contributed by atoms with Gasteiger partial charge in [0, 0.05) is 25.2 Å². The summed E-state index contributed by atoms with van der Waals surface area (Å²) in [4.78, 5) is 20.6. The molecule has 0 N–H and O–H groups in total. The second-order valence-corrected chi connectivity index (χ2v) is 7.35. The monoisotopic (exact) mass is 409 g/mol. The first-order valence-corrected chi connectivity index (χ1v) is 10.2. The summed E-state index contributed by atoms with van der Waals surface area (Å²) >= 11 is 0. The van der Waals surface area contributed by atoms with Gasteiger partial charge in [-0.1, -0.05) is 20.3 Å². The third-order valence-corrected chi connectivity index (χ3v) is 5.82. The maximum atomic E-state index is 11.2. The van der Waals surface area contributed by atoms with Crippen LogP contribution in [0.1, 0.15) is 51.9 Å². The molecule has 0 bridgehead atoms. The van der Waals surface area contributed by atoms with Gasteiger partial charge in [0.1, 0.15) is 5.82 Å². The fourth-order valence-corrected chi connectivity index (χ4v) is 4.05. The lowest BCUT2D eigenvalue weighted by Gasteiger charge is -2.32. The van der Waals surface area contributed by atoms with Gasteiger partial charge < -0.3 is 9.47 Å². The highest BCUT2D eigenvalue weighted by Gasteiger charge is 2.24. The lowest BCUT2D eigenvalue weighted by Crippen LogP contribution is -2.34. The number of likely N-dealkylation sites (N-methyl/N-ethyl adjacent to an activating group) is 1. The molecular weight excluding hydrogens is 378 g/mol. The molecule has 1 aliphatic heterocycles. The summed E-state index contributed by atoms with van der Waals surface area (Å²) in [5.74, 6) is 1.03. The van der Waals surface area contributed by atoms with Crippen LogP contribution in [0, 0.1) is 10.1 Å². The van der Waals surface area contributed by atoms with Crippen LogP contribution in [0.5, 0.6) is 0 Å². The normalized spacial score (nSPS) is 16.3. The van der Waals surface area contributed by atoms with Gasteiger partial charge in [0.2, 0.25) is 0 Å². The van der Waals surface area contributed by atoms with Crippen molar-refractivity contribution < 1.29 is 4.92 Å². The average Bonchev–Trinajstić information content (AvgIpc) is 3.06. The second kappa shape index (κ2) is 10.2. The molecule has 1 aromatic carbocycles. The third kappa shape index (κ3) is 4.82. The minimum absolute atomic E-state index is 0. The molecule has 1 saturated heterocycles. The van der Waals surface area contributed by atoms with Gasteiger partial charge in [-0.2, -0.15) is 0 Å². The topological polar surface area (TPSA) is 67.4 Å². The molecule has 0 amide bonds. The highest BCUT2D eigenvalue weighted by molar-refractivity contribution is 5.85. The van der Waals surface area contributed by atoms with Gasteiger partial charge in [-0.15, -0.1) is 12.4 Å². The van der Waals surface area contributed by atoms with Crippen LogP contribution in [0.2, 0.25) is 0 Å². The van der Waals surface area contributed by atoms with E-state index < -0.39 is 0 Å². The fourth-order valence-electron chi connectivity index (χ4n) is 4.05. The lowest BCUT2D eigenvalue weighted by atomic mass is 10.1. The zero-order valence-electron chi connectivity index (χ0n) is 17.1. The number of halogens is 1. The molecule has 1 aromatic heterocycles. The minimum Gasteiger partial charge on any atom is -0.325 e. The number of fused-ring (bicyclic) bond motifs is 1. The molecule has 0 aliphatic carbocycles. The molecule has 1 fully saturated rings. The van der Waals surface area contributed by atoms with E-state index in [0.29, 0.717) is 0 Å². The van der Waals surface area contributed by atoms with E-state index in [1.54, 1.807) is 12.1 Å². The minimum atomic E-state index is -0.345. The van der Waals surface area contributed by atoms with E-state index in [1.165, 1.54) is 19.3 Å². The van der Waals surface area contributed by atoms with E-state index in [2.05, 4.69) is 35.1 Å². The van der Waals surface area contributed by atoms with Crippen LogP contribution in [0.15, 0.2) is 18.2 Å². The van der Waals surface area contributed by atoms with E-state index >= 15 is 0 Å². The summed E-state index contributed by atoms with van der Waals surface area (Å²) in [5, 5.41) is 11.2. The van der Waals surface area contributed by atoms with Gasteiger partial charge in [0.05, 0.1) is 22.0 Å². The van der Waals surface area contributed by atoms with Crippen molar-refractivity contribution in [2.75, 3.05) is 32.7 Å². The molecule has 1 atom stereocenters. The van der Waals surface area contributed by atoms with Crippen LogP contribution >= 0.6 is 12.4 Å². The SMILES string of the molecule is CCN(CC)CCn1c(C(C)N2CCCCC2)nc2cc([N+](=O)[O-])ccc21.Cl. The number of aromatic nitrogens is 2. The largest absolute Gasteiger partial charge is 0.325 e.